The Labute approximate surface area is 179 Å². The number of methoxy groups -OCH3 is 1. The van der Waals surface area contributed by atoms with Crippen LogP contribution in [0.1, 0.15) is 43.9 Å². The molecule has 0 bridgehead atoms. The third-order valence-electron chi connectivity index (χ3n) is 5.25. The SMILES string of the molecule is CCOc1cc(CCCNC(=NC)NC2CCc3nc(CC)nn3C2)ccc1OC. The van der Waals surface area contributed by atoms with Gasteiger partial charge in [-0.05, 0) is 43.9 Å². The van der Waals surface area contributed by atoms with Crippen LogP contribution >= 0.6 is 0 Å². The molecule has 1 aromatic heterocycles. The van der Waals surface area contributed by atoms with Gasteiger partial charge in [0.05, 0.1) is 20.3 Å². The Morgan fingerprint density at radius 1 is 1.30 bits per heavy atom. The molecule has 8 nitrogen and oxygen atoms in total. The van der Waals surface area contributed by atoms with Crippen molar-refractivity contribution in [2.75, 3.05) is 27.3 Å². The Morgan fingerprint density at radius 2 is 2.17 bits per heavy atom. The highest BCUT2D eigenvalue weighted by molar-refractivity contribution is 5.79. The van der Waals surface area contributed by atoms with Gasteiger partial charge in [0.15, 0.2) is 23.3 Å². The van der Waals surface area contributed by atoms with Gasteiger partial charge in [-0.2, -0.15) is 5.10 Å². The van der Waals surface area contributed by atoms with Crippen molar-refractivity contribution in [1.29, 1.82) is 0 Å². The number of aryl methyl sites for hydroxylation is 3. The lowest BCUT2D eigenvalue weighted by Crippen LogP contribution is -2.47. The number of guanidine groups is 1. The Balaban J connectivity index is 1.44. The van der Waals surface area contributed by atoms with Crippen molar-refractivity contribution < 1.29 is 9.47 Å². The standard InChI is InChI=1S/C22H34N6O2/c1-5-20-26-21-12-10-17(15-28(21)27-20)25-22(23-3)24-13-7-8-16-9-11-18(29-4)19(14-16)30-6-2/h9,11,14,17H,5-8,10,12-13,15H2,1-4H3,(H2,23,24,25). The van der Waals surface area contributed by atoms with Crippen LogP contribution in [0.25, 0.3) is 0 Å². The average molecular weight is 415 g/mol. The van der Waals surface area contributed by atoms with E-state index in [-0.39, 0.29) is 0 Å². The van der Waals surface area contributed by atoms with Crippen molar-refractivity contribution in [3.05, 3.63) is 35.4 Å². The van der Waals surface area contributed by atoms with Crippen LogP contribution < -0.4 is 20.1 Å². The molecular formula is C22H34N6O2. The largest absolute Gasteiger partial charge is 0.493 e. The molecule has 0 radical (unpaired) electrons. The molecule has 0 spiro atoms. The van der Waals surface area contributed by atoms with Gasteiger partial charge in [0.2, 0.25) is 0 Å². The molecule has 1 atom stereocenters. The predicted octanol–water partition coefficient (Wildman–Crippen LogP) is 2.36. The van der Waals surface area contributed by atoms with Crippen LogP contribution in [0.15, 0.2) is 23.2 Å². The number of rotatable bonds is 9. The quantitative estimate of drug-likeness (QED) is 0.372. The second-order valence-corrected chi connectivity index (χ2v) is 7.38. The lowest BCUT2D eigenvalue weighted by molar-refractivity contribution is 0.310. The van der Waals surface area contributed by atoms with Gasteiger partial charge in [0.1, 0.15) is 5.82 Å². The van der Waals surface area contributed by atoms with Crippen LogP contribution in [0, 0.1) is 0 Å². The molecule has 1 aliphatic heterocycles. The van der Waals surface area contributed by atoms with Gasteiger partial charge >= 0.3 is 0 Å². The van der Waals surface area contributed by atoms with E-state index in [1.54, 1.807) is 7.11 Å². The molecule has 0 saturated heterocycles. The Kier molecular flexibility index (Phi) is 7.93. The van der Waals surface area contributed by atoms with E-state index in [4.69, 9.17) is 9.47 Å². The van der Waals surface area contributed by atoms with E-state index >= 15 is 0 Å². The molecular weight excluding hydrogens is 380 g/mol. The van der Waals surface area contributed by atoms with Gasteiger partial charge in [-0.3, -0.25) is 4.99 Å². The summed E-state index contributed by atoms with van der Waals surface area (Å²) in [6, 6.07) is 6.44. The van der Waals surface area contributed by atoms with E-state index in [1.807, 2.05) is 24.7 Å². The van der Waals surface area contributed by atoms with E-state index < -0.39 is 0 Å². The van der Waals surface area contributed by atoms with Gasteiger partial charge < -0.3 is 20.1 Å². The Hall–Kier alpha value is -2.77. The van der Waals surface area contributed by atoms with Crippen molar-refractivity contribution >= 4 is 5.96 Å². The summed E-state index contributed by atoms with van der Waals surface area (Å²) in [4.78, 5) is 8.96. The molecule has 164 valence electrons. The van der Waals surface area contributed by atoms with Crippen molar-refractivity contribution in [1.82, 2.24) is 25.4 Å². The van der Waals surface area contributed by atoms with Crippen LogP contribution in [0.3, 0.4) is 0 Å². The number of hydrogen-bond donors (Lipinski definition) is 2. The number of hydrogen-bond acceptors (Lipinski definition) is 5. The average Bonchev–Trinajstić information content (AvgIpc) is 3.19. The second-order valence-electron chi connectivity index (χ2n) is 7.38. The predicted molar refractivity (Wildman–Crippen MR) is 118 cm³/mol. The topological polar surface area (TPSA) is 85.6 Å². The maximum absolute atomic E-state index is 5.67. The van der Waals surface area contributed by atoms with Crippen LogP contribution in [-0.2, 0) is 25.8 Å². The molecule has 0 aliphatic carbocycles. The number of fused-ring (bicyclic) bond motifs is 1. The second kappa shape index (κ2) is 10.8. The molecule has 0 fully saturated rings. The molecule has 30 heavy (non-hydrogen) atoms. The fourth-order valence-corrected chi connectivity index (χ4v) is 3.66. The van der Waals surface area contributed by atoms with Crippen LogP contribution in [-0.4, -0.2) is 54.1 Å². The van der Waals surface area contributed by atoms with Crippen LogP contribution in [0.2, 0.25) is 0 Å². The summed E-state index contributed by atoms with van der Waals surface area (Å²) in [5.41, 5.74) is 1.24. The minimum absolute atomic E-state index is 0.311. The number of aliphatic imine (C=N–C) groups is 1. The van der Waals surface area contributed by atoms with Crippen LogP contribution in [0.5, 0.6) is 11.5 Å². The summed E-state index contributed by atoms with van der Waals surface area (Å²) in [6.07, 6.45) is 4.81. The minimum atomic E-state index is 0.311. The summed E-state index contributed by atoms with van der Waals surface area (Å²) >= 11 is 0. The molecule has 2 aromatic rings. The van der Waals surface area contributed by atoms with E-state index in [0.717, 1.165) is 74.3 Å². The van der Waals surface area contributed by atoms with Gasteiger partial charge in [0, 0.05) is 32.5 Å². The highest BCUT2D eigenvalue weighted by Gasteiger charge is 2.22. The Bertz CT molecular complexity index is 848. The molecule has 1 aromatic carbocycles. The summed E-state index contributed by atoms with van der Waals surface area (Å²) < 4.78 is 13.1. The monoisotopic (exact) mass is 414 g/mol. The molecule has 0 amide bonds. The fraction of sp³-hybridized carbons (Fsp3) is 0.591. The van der Waals surface area contributed by atoms with E-state index in [9.17, 15) is 0 Å². The van der Waals surface area contributed by atoms with Crippen LogP contribution in [0.4, 0.5) is 0 Å². The Morgan fingerprint density at radius 3 is 2.90 bits per heavy atom. The summed E-state index contributed by atoms with van der Waals surface area (Å²) in [5, 5.41) is 11.5. The maximum atomic E-state index is 5.67. The molecule has 2 heterocycles. The van der Waals surface area contributed by atoms with Gasteiger partial charge in [-0.25, -0.2) is 9.67 Å². The van der Waals surface area contributed by atoms with Crippen molar-refractivity contribution in [2.24, 2.45) is 4.99 Å². The zero-order valence-corrected chi connectivity index (χ0v) is 18.6. The number of nitrogens with one attached hydrogen (secondary N) is 2. The number of ether oxygens (including phenoxy) is 2. The molecule has 3 rings (SSSR count). The van der Waals surface area contributed by atoms with Gasteiger partial charge in [0.25, 0.3) is 0 Å². The molecule has 0 saturated carbocycles. The van der Waals surface area contributed by atoms with E-state index in [0.29, 0.717) is 12.6 Å². The number of benzene rings is 1. The minimum Gasteiger partial charge on any atom is -0.493 e. The first-order chi connectivity index (χ1) is 14.7. The summed E-state index contributed by atoms with van der Waals surface area (Å²) in [7, 11) is 3.48. The molecule has 1 unspecified atom stereocenters. The first-order valence-corrected chi connectivity index (χ1v) is 10.9. The number of nitrogens with zero attached hydrogens (tertiary/aromatic N) is 4. The van der Waals surface area contributed by atoms with Crippen molar-refractivity contribution in [2.45, 2.75) is 58.5 Å². The van der Waals surface area contributed by atoms with E-state index in [2.05, 4.69) is 44.8 Å². The van der Waals surface area contributed by atoms with E-state index in [1.165, 1.54) is 5.56 Å². The van der Waals surface area contributed by atoms with Gasteiger partial charge in [-0.15, -0.1) is 0 Å². The molecule has 8 heteroatoms. The summed E-state index contributed by atoms with van der Waals surface area (Å²) in [6.45, 7) is 6.37. The highest BCUT2D eigenvalue weighted by atomic mass is 16.5. The first-order valence-electron chi connectivity index (χ1n) is 10.9. The summed E-state index contributed by atoms with van der Waals surface area (Å²) in [5.74, 6) is 4.44. The lowest BCUT2D eigenvalue weighted by Gasteiger charge is -2.25. The zero-order valence-electron chi connectivity index (χ0n) is 18.6. The molecule has 1 aliphatic rings. The smallest absolute Gasteiger partial charge is 0.191 e. The van der Waals surface area contributed by atoms with Crippen molar-refractivity contribution in [3.63, 3.8) is 0 Å². The fourth-order valence-electron chi connectivity index (χ4n) is 3.66. The number of aromatic nitrogens is 3. The zero-order chi connectivity index (χ0) is 21.3. The lowest BCUT2D eigenvalue weighted by atomic mass is 10.1. The highest BCUT2D eigenvalue weighted by Crippen LogP contribution is 2.28. The maximum Gasteiger partial charge on any atom is 0.191 e. The third kappa shape index (κ3) is 5.64. The molecule has 2 N–H and O–H groups in total. The first kappa shape index (κ1) is 21.9. The van der Waals surface area contributed by atoms with Crippen molar-refractivity contribution in [3.8, 4) is 11.5 Å². The normalized spacial score (nSPS) is 16.1. The van der Waals surface area contributed by atoms with Gasteiger partial charge in [-0.1, -0.05) is 13.0 Å². The third-order valence-corrected chi connectivity index (χ3v) is 5.25.